The molecule has 6 nitrogen and oxygen atoms in total. The number of carbonyl (C=O) groups is 2. The molecule has 1 fully saturated rings. The number of hydrogen-bond donors (Lipinski definition) is 1. The van der Waals surface area contributed by atoms with Crippen LogP contribution in [0.3, 0.4) is 0 Å². The summed E-state index contributed by atoms with van der Waals surface area (Å²) in [6, 6.07) is 18.8. The third-order valence-electron chi connectivity index (χ3n) is 6.04. The van der Waals surface area contributed by atoms with Crippen molar-refractivity contribution in [2.75, 3.05) is 25.2 Å². The number of urea groups is 1. The molecule has 2 aliphatic heterocycles. The Hall–Kier alpha value is -3.87. The number of Topliss-reactive ketones (excluding diaryl/α,β-unsaturated/α-hetero) is 1. The number of anilines is 1. The zero-order valence-corrected chi connectivity index (χ0v) is 17.9. The molecule has 1 saturated heterocycles. The van der Waals surface area contributed by atoms with Gasteiger partial charge in [0.25, 0.3) is 0 Å². The number of halogens is 1. The van der Waals surface area contributed by atoms with Gasteiger partial charge in [-0.1, -0.05) is 42.5 Å². The van der Waals surface area contributed by atoms with E-state index in [1.165, 1.54) is 6.07 Å². The summed E-state index contributed by atoms with van der Waals surface area (Å²) in [5, 5.41) is 2.86. The average molecular weight is 446 g/mol. The molecule has 2 amide bonds. The Morgan fingerprint density at radius 1 is 0.970 bits per heavy atom. The second kappa shape index (κ2) is 8.94. The number of nitrogens with zero attached hydrogens (tertiary/aromatic N) is 1. The lowest BCUT2D eigenvalue weighted by Gasteiger charge is -2.32. The van der Waals surface area contributed by atoms with Crippen molar-refractivity contribution < 1.29 is 23.5 Å². The summed E-state index contributed by atoms with van der Waals surface area (Å²) in [5.41, 5.74) is 2.14. The van der Waals surface area contributed by atoms with Crippen LogP contribution in [0.15, 0.2) is 66.7 Å². The number of rotatable bonds is 4. The van der Waals surface area contributed by atoms with Crippen molar-refractivity contribution in [1.82, 2.24) is 4.90 Å². The van der Waals surface area contributed by atoms with Crippen LogP contribution in [0.5, 0.6) is 11.5 Å². The summed E-state index contributed by atoms with van der Waals surface area (Å²) in [4.78, 5) is 27.5. The van der Waals surface area contributed by atoms with Crippen molar-refractivity contribution in [2.45, 2.75) is 12.8 Å². The molecule has 33 heavy (non-hydrogen) atoms. The largest absolute Gasteiger partial charge is 0.454 e. The topological polar surface area (TPSA) is 67.9 Å². The van der Waals surface area contributed by atoms with Gasteiger partial charge in [0.2, 0.25) is 6.79 Å². The number of carbonyl (C=O) groups excluding carboxylic acids is 2. The minimum absolute atomic E-state index is 0.144. The Bertz CT molecular complexity index is 1200. The van der Waals surface area contributed by atoms with Gasteiger partial charge in [0, 0.05) is 41.9 Å². The summed E-state index contributed by atoms with van der Waals surface area (Å²) in [7, 11) is 0. The number of likely N-dealkylation sites (tertiary alicyclic amines) is 1. The molecule has 0 bridgehead atoms. The first kappa shape index (κ1) is 21.0. The third kappa shape index (κ3) is 4.39. The molecular weight excluding hydrogens is 423 g/mol. The van der Waals surface area contributed by atoms with Gasteiger partial charge in [-0.05, 0) is 36.6 Å². The Kier molecular flexibility index (Phi) is 5.69. The van der Waals surface area contributed by atoms with Crippen molar-refractivity contribution in [3.63, 3.8) is 0 Å². The second-order valence-corrected chi connectivity index (χ2v) is 8.21. The molecule has 168 valence electrons. The lowest BCUT2D eigenvalue weighted by Crippen LogP contribution is -2.44. The highest BCUT2D eigenvalue weighted by Gasteiger charge is 2.29. The quantitative estimate of drug-likeness (QED) is 0.549. The standard InChI is InChI=1S/C26H23FN2O4/c27-22-13-18(8-10-21(22)17-5-2-1-3-6-17)25(30)19-7-4-12-29(15-19)26(31)28-20-9-11-23-24(14-20)33-16-32-23/h1-3,5-6,8-11,13-14,19H,4,7,12,15-16H2,(H,28,31). The molecule has 0 aromatic heterocycles. The predicted octanol–water partition coefficient (Wildman–Crippen LogP) is 5.35. The maximum atomic E-state index is 14.8. The highest BCUT2D eigenvalue weighted by molar-refractivity contribution is 5.99. The smallest absolute Gasteiger partial charge is 0.321 e. The fraction of sp³-hybridized carbons (Fsp3) is 0.231. The van der Waals surface area contributed by atoms with Crippen LogP contribution >= 0.6 is 0 Å². The van der Waals surface area contributed by atoms with Gasteiger partial charge in [0.05, 0.1) is 0 Å². The van der Waals surface area contributed by atoms with Gasteiger partial charge in [0.15, 0.2) is 17.3 Å². The molecule has 2 aliphatic rings. The number of ether oxygens (including phenoxy) is 2. The Morgan fingerprint density at radius 2 is 1.79 bits per heavy atom. The number of piperidine rings is 1. The van der Waals surface area contributed by atoms with E-state index in [9.17, 15) is 14.0 Å². The van der Waals surface area contributed by atoms with Gasteiger partial charge >= 0.3 is 6.03 Å². The van der Waals surface area contributed by atoms with Gasteiger partial charge < -0.3 is 19.7 Å². The van der Waals surface area contributed by atoms with Crippen molar-refractivity contribution in [3.05, 3.63) is 78.1 Å². The molecule has 1 atom stereocenters. The zero-order chi connectivity index (χ0) is 22.8. The first-order valence-electron chi connectivity index (χ1n) is 10.9. The van der Waals surface area contributed by atoms with Gasteiger partial charge in [0.1, 0.15) is 5.82 Å². The molecule has 0 aliphatic carbocycles. The highest BCUT2D eigenvalue weighted by atomic mass is 19.1. The van der Waals surface area contributed by atoms with E-state index >= 15 is 0 Å². The molecule has 5 rings (SSSR count). The summed E-state index contributed by atoms with van der Waals surface area (Å²) in [6.45, 7) is 1.01. The van der Waals surface area contributed by atoms with Crippen LogP contribution in [0, 0.1) is 11.7 Å². The molecule has 3 aromatic carbocycles. The van der Waals surface area contributed by atoms with Crippen LogP contribution in [0.1, 0.15) is 23.2 Å². The summed E-state index contributed by atoms with van der Waals surface area (Å²) < 4.78 is 25.4. The van der Waals surface area contributed by atoms with Crippen LogP contribution in [0.4, 0.5) is 14.9 Å². The minimum Gasteiger partial charge on any atom is -0.454 e. The predicted molar refractivity (Wildman–Crippen MR) is 122 cm³/mol. The lowest BCUT2D eigenvalue weighted by molar-refractivity contribution is 0.0851. The number of hydrogen-bond acceptors (Lipinski definition) is 4. The lowest BCUT2D eigenvalue weighted by atomic mass is 9.89. The highest BCUT2D eigenvalue weighted by Crippen LogP contribution is 2.34. The molecular formula is C26H23FN2O4. The van der Waals surface area contributed by atoms with Crippen LogP contribution in [0.25, 0.3) is 11.1 Å². The number of fused-ring (bicyclic) bond motifs is 1. The van der Waals surface area contributed by atoms with Crippen molar-refractivity contribution in [3.8, 4) is 22.6 Å². The average Bonchev–Trinajstić information content (AvgIpc) is 3.32. The summed E-state index contributed by atoms with van der Waals surface area (Å²) in [6.07, 6.45) is 1.37. The first-order valence-corrected chi connectivity index (χ1v) is 10.9. The number of ketones is 1. The van der Waals surface area contributed by atoms with E-state index in [0.717, 1.165) is 5.56 Å². The molecule has 0 spiro atoms. The van der Waals surface area contributed by atoms with Crippen LogP contribution in [-0.2, 0) is 0 Å². The Labute approximate surface area is 190 Å². The summed E-state index contributed by atoms with van der Waals surface area (Å²) >= 11 is 0. The van der Waals surface area contributed by atoms with Crippen molar-refractivity contribution in [2.24, 2.45) is 5.92 Å². The molecule has 7 heteroatoms. The summed E-state index contributed by atoms with van der Waals surface area (Å²) in [5.74, 6) is 0.278. The molecule has 3 aromatic rings. The van der Waals surface area contributed by atoms with Gasteiger partial charge in [-0.3, -0.25) is 4.79 Å². The maximum absolute atomic E-state index is 14.8. The van der Waals surface area contributed by atoms with Crippen molar-refractivity contribution in [1.29, 1.82) is 0 Å². The minimum atomic E-state index is -0.430. The monoisotopic (exact) mass is 446 g/mol. The van der Waals surface area contributed by atoms with Gasteiger partial charge in [-0.25, -0.2) is 9.18 Å². The van der Waals surface area contributed by atoms with E-state index in [-0.39, 0.29) is 31.1 Å². The number of nitrogens with one attached hydrogen (secondary N) is 1. The van der Waals surface area contributed by atoms with E-state index in [2.05, 4.69) is 5.32 Å². The molecule has 1 unspecified atom stereocenters. The van der Waals surface area contributed by atoms with Gasteiger partial charge in [-0.15, -0.1) is 0 Å². The van der Waals surface area contributed by atoms with Crippen LogP contribution in [-0.4, -0.2) is 36.6 Å². The SMILES string of the molecule is O=C(c1ccc(-c2ccccc2)c(F)c1)C1CCCN(C(=O)Nc2ccc3c(c2)OCO3)C1. The number of amides is 2. The molecule has 2 heterocycles. The van der Waals surface area contributed by atoms with E-state index in [0.29, 0.717) is 47.7 Å². The molecule has 0 saturated carbocycles. The van der Waals surface area contributed by atoms with E-state index in [1.54, 1.807) is 35.2 Å². The van der Waals surface area contributed by atoms with Crippen molar-refractivity contribution >= 4 is 17.5 Å². The molecule has 1 N–H and O–H groups in total. The van der Waals surface area contributed by atoms with E-state index in [4.69, 9.17) is 9.47 Å². The van der Waals surface area contributed by atoms with E-state index in [1.807, 2.05) is 30.3 Å². The fourth-order valence-corrected chi connectivity index (χ4v) is 4.31. The first-order chi connectivity index (χ1) is 16.1. The van der Waals surface area contributed by atoms with E-state index < -0.39 is 5.82 Å². The zero-order valence-electron chi connectivity index (χ0n) is 17.9. The molecule has 0 radical (unpaired) electrons. The van der Waals surface area contributed by atoms with Crippen LogP contribution < -0.4 is 14.8 Å². The number of benzene rings is 3. The maximum Gasteiger partial charge on any atom is 0.321 e. The second-order valence-electron chi connectivity index (χ2n) is 8.21. The Balaban J connectivity index is 1.26. The fourth-order valence-electron chi connectivity index (χ4n) is 4.31. The third-order valence-corrected chi connectivity index (χ3v) is 6.04. The Morgan fingerprint density at radius 3 is 2.61 bits per heavy atom. The normalized spacial score (nSPS) is 17.0. The van der Waals surface area contributed by atoms with Crippen LogP contribution in [0.2, 0.25) is 0 Å². The van der Waals surface area contributed by atoms with Gasteiger partial charge in [-0.2, -0.15) is 0 Å².